The van der Waals surface area contributed by atoms with Gasteiger partial charge in [-0.25, -0.2) is 4.39 Å². The normalized spacial score (nSPS) is 12.0. The molecule has 0 aromatic heterocycles. The van der Waals surface area contributed by atoms with Gasteiger partial charge in [-0.15, -0.1) is 0 Å². The Balaban J connectivity index is 2.25. The Labute approximate surface area is 143 Å². The molecule has 0 bridgehead atoms. The summed E-state index contributed by atoms with van der Waals surface area (Å²) in [6, 6.07) is 4.81. The maximum absolute atomic E-state index is 13.5. The Bertz CT molecular complexity index is 737. The van der Waals surface area contributed by atoms with Gasteiger partial charge in [-0.05, 0) is 30.3 Å². The summed E-state index contributed by atoms with van der Waals surface area (Å²) in [5, 5.41) is 4.27. The predicted octanol–water partition coefficient (Wildman–Crippen LogP) is 6.25. The Morgan fingerprint density at radius 3 is 2.17 bits per heavy atom. The van der Waals surface area contributed by atoms with E-state index in [1.54, 1.807) is 0 Å². The lowest BCUT2D eigenvalue weighted by atomic mass is 10.1. The van der Waals surface area contributed by atoms with Crippen molar-refractivity contribution in [2.45, 2.75) is 6.18 Å². The number of hydrazone groups is 1. The molecule has 0 unspecified atom stereocenters. The standard InChI is InChI=1S/C14H7Cl3F4N2/c15-9-4-10(16)13(11(17)5-9)23-22-6-7-3-8(14(19,20)21)1-2-12(7)18/h1-6,23H/b22-6+. The van der Waals surface area contributed by atoms with E-state index >= 15 is 0 Å². The van der Waals surface area contributed by atoms with Gasteiger partial charge in [0.05, 0.1) is 27.5 Å². The van der Waals surface area contributed by atoms with Crippen LogP contribution >= 0.6 is 34.8 Å². The first kappa shape index (κ1) is 17.8. The monoisotopic (exact) mass is 384 g/mol. The van der Waals surface area contributed by atoms with Crippen molar-refractivity contribution in [1.29, 1.82) is 0 Å². The first-order chi connectivity index (χ1) is 10.7. The average molecular weight is 386 g/mol. The van der Waals surface area contributed by atoms with E-state index in [1.807, 2.05) is 0 Å². The fourth-order valence-corrected chi connectivity index (χ4v) is 2.54. The number of benzene rings is 2. The maximum Gasteiger partial charge on any atom is 0.416 e. The van der Waals surface area contributed by atoms with Crippen molar-refractivity contribution in [3.63, 3.8) is 0 Å². The molecule has 122 valence electrons. The topological polar surface area (TPSA) is 24.4 Å². The van der Waals surface area contributed by atoms with Gasteiger partial charge in [-0.3, -0.25) is 5.43 Å². The number of nitrogens with zero attached hydrogens (tertiary/aromatic N) is 1. The lowest BCUT2D eigenvalue weighted by Gasteiger charge is -2.08. The highest BCUT2D eigenvalue weighted by Gasteiger charge is 2.30. The van der Waals surface area contributed by atoms with Gasteiger partial charge in [-0.1, -0.05) is 34.8 Å². The molecule has 0 aliphatic carbocycles. The first-order valence-corrected chi connectivity index (χ1v) is 7.12. The quantitative estimate of drug-likeness (QED) is 0.377. The molecule has 0 radical (unpaired) electrons. The minimum atomic E-state index is -4.58. The van der Waals surface area contributed by atoms with Crippen molar-refractivity contribution in [2.75, 3.05) is 5.43 Å². The smallest absolute Gasteiger partial charge is 0.275 e. The molecule has 0 aliphatic rings. The van der Waals surface area contributed by atoms with Gasteiger partial charge in [0.2, 0.25) is 0 Å². The van der Waals surface area contributed by atoms with E-state index in [0.29, 0.717) is 23.2 Å². The molecule has 0 saturated heterocycles. The molecule has 0 fully saturated rings. The molecule has 0 atom stereocenters. The van der Waals surface area contributed by atoms with Crippen molar-refractivity contribution in [2.24, 2.45) is 5.10 Å². The predicted molar refractivity (Wildman–Crippen MR) is 84.1 cm³/mol. The molecule has 2 rings (SSSR count). The Morgan fingerprint density at radius 2 is 1.61 bits per heavy atom. The van der Waals surface area contributed by atoms with Gasteiger partial charge >= 0.3 is 6.18 Å². The molecule has 0 spiro atoms. The van der Waals surface area contributed by atoms with Crippen LogP contribution in [0, 0.1) is 5.82 Å². The van der Waals surface area contributed by atoms with Gasteiger partial charge < -0.3 is 0 Å². The third-order valence-electron chi connectivity index (χ3n) is 2.71. The Hall–Kier alpha value is -1.50. The second kappa shape index (κ2) is 6.95. The van der Waals surface area contributed by atoms with Gasteiger partial charge in [0.1, 0.15) is 5.82 Å². The van der Waals surface area contributed by atoms with Crippen molar-refractivity contribution >= 4 is 46.7 Å². The molecule has 0 heterocycles. The minimum absolute atomic E-state index is 0.157. The van der Waals surface area contributed by atoms with Crippen LogP contribution in [0.1, 0.15) is 11.1 Å². The van der Waals surface area contributed by atoms with Crippen LogP contribution in [0.5, 0.6) is 0 Å². The van der Waals surface area contributed by atoms with E-state index in [4.69, 9.17) is 34.8 Å². The number of alkyl halides is 3. The zero-order valence-corrected chi connectivity index (χ0v) is 13.3. The van der Waals surface area contributed by atoms with Crippen LogP contribution in [0.15, 0.2) is 35.4 Å². The number of rotatable bonds is 3. The van der Waals surface area contributed by atoms with E-state index in [-0.39, 0.29) is 21.3 Å². The summed E-state index contributed by atoms with van der Waals surface area (Å²) in [5.74, 6) is -0.850. The van der Waals surface area contributed by atoms with Crippen LogP contribution < -0.4 is 5.43 Å². The summed E-state index contributed by atoms with van der Waals surface area (Å²) in [4.78, 5) is 0. The summed E-state index contributed by atoms with van der Waals surface area (Å²) >= 11 is 17.6. The molecule has 2 aromatic rings. The molecule has 2 nitrogen and oxygen atoms in total. The van der Waals surface area contributed by atoms with E-state index in [0.717, 1.165) is 6.21 Å². The van der Waals surface area contributed by atoms with Gasteiger partial charge in [-0.2, -0.15) is 18.3 Å². The Morgan fingerprint density at radius 1 is 1.00 bits per heavy atom. The number of hydrogen-bond acceptors (Lipinski definition) is 2. The third-order valence-corrected chi connectivity index (χ3v) is 3.52. The summed E-state index contributed by atoms with van der Waals surface area (Å²) in [7, 11) is 0. The molecule has 9 heteroatoms. The number of anilines is 1. The van der Waals surface area contributed by atoms with E-state index in [1.165, 1.54) is 12.1 Å². The summed E-state index contributed by atoms with van der Waals surface area (Å²) < 4.78 is 51.3. The average Bonchev–Trinajstić information content (AvgIpc) is 2.42. The number of nitrogens with one attached hydrogen (secondary N) is 1. The van der Waals surface area contributed by atoms with Gasteiger partial charge in [0, 0.05) is 10.6 Å². The molecule has 0 aliphatic heterocycles. The molecule has 23 heavy (non-hydrogen) atoms. The van der Waals surface area contributed by atoms with Gasteiger partial charge in [0.25, 0.3) is 0 Å². The zero-order chi connectivity index (χ0) is 17.2. The van der Waals surface area contributed by atoms with Crippen LogP contribution in [0.2, 0.25) is 15.1 Å². The van der Waals surface area contributed by atoms with E-state index in [2.05, 4.69) is 10.5 Å². The summed E-state index contributed by atoms with van der Waals surface area (Å²) in [6.07, 6.45) is -3.68. The number of halogens is 7. The molecule has 1 N–H and O–H groups in total. The van der Waals surface area contributed by atoms with E-state index < -0.39 is 17.6 Å². The third kappa shape index (κ3) is 4.50. The molecular formula is C14H7Cl3F4N2. The van der Waals surface area contributed by atoms with E-state index in [9.17, 15) is 17.6 Å². The second-order valence-electron chi connectivity index (χ2n) is 4.35. The maximum atomic E-state index is 13.5. The van der Waals surface area contributed by atoms with Crippen LogP contribution in [0.25, 0.3) is 0 Å². The zero-order valence-electron chi connectivity index (χ0n) is 11.1. The van der Waals surface area contributed by atoms with Crippen LogP contribution in [0.3, 0.4) is 0 Å². The molecule has 0 saturated carbocycles. The van der Waals surface area contributed by atoms with Crippen LogP contribution in [0.4, 0.5) is 23.2 Å². The Kier molecular flexibility index (Phi) is 5.39. The van der Waals surface area contributed by atoms with Crippen LogP contribution in [-0.2, 0) is 6.18 Å². The van der Waals surface area contributed by atoms with Crippen molar-refractivity contribution < 1.29 is 17.6 Å². The van der Waals surface area contributed by atoms with Gasteiger partial charge in [0.15, 0.2) is 0 Å². The highest BCUT2D eigenvalue weighted by molar-refractivity contribution is 6.41. The summed E-state index contributed by atoms with van der Waals surface area (Å²) in [5.41, 5.74) is 1.31. The largest absolute Gasteiger partial charge is 0.416 e. The van der Waals surface area contributed by atoms with Crippen LogP contribution in [-0.4, -0.2) is 6.21 Å². The lowest BCUT2D eigenvalue weighted by Crippen LogP contribution is -2.06. The first-order valence-electron chi connectivity index (χ1n) is 5.99. The minimum Gasteiger partial charge on any atom is -0.275 e. The van der Waals surface area contributed by atoms with Crippen molar-refractivity contribution in [1.82, 2.24) is 0 Å². The molecule has 2 aromatic carbocycles. The van der Waals surface area contributed by atoms with Crippen molar-refractivity contribution in [3.8, 4) is 0 Å². The fourth-order valence-electron chi connectivity index (χ4n) is 1.63. The molecular weight excluding hydrogens is 379 g/mol. The van der Waals surface area contributed by atoms with Crippen molar-refractivity contribution in [3.05, 3.63) is 62.3 Å². The SMILES string of the molecule is Fc1ccc(C(F)(F)F)cc1/C=N/Nc1c(Cl)cc(Cl)cc1Cl. The fraction of sp³-hybridized carbons (Fsp3) is 0.0714. The highest BCUT2D eigenvalue weighted by Crippen LogP contribution is 2.33. The highest BCUT2D eigenvalue weighted by atomic mass is 35.5. The summed E-state index contributed by atoms with van der Waals surface area (Å²) in [6.45, 7) is 0. The lowest BCUT2D eigenvalue weighted by molar-refractivity contribution is -0.137. The number of hydrogen-bond donors (Lipinski definition) is 1. The molecule has 0 amide bonds. The second-order valence-corrected chi connectivity index (χ2v) is 5.60.